The summed E-state index contributed by atoms with van der Waals surface area (Å²) < 4.78 is 6.13. The Morgan fingerprint density at radius 2 is 1.90 bits per heavy atom. The SMILES string of the molecule is CC(C)NC(CO)(COc1ccccc1C(C)C)C1CC1. The van der Waals surface area contributed by atoms with Crippen LogP contribution >= 0.6 is 0 Å². The summed E-state index contributed by atoms with van der Waals surface area (Å²) in [5.74, 6) is 1.90. The first kappa shape index (κ1) is 16.3. The second-order valence-corrected chi connectivity index (χ2v) is 6.87. The molecule has 0 saturated heterocycles. The van der Waals surface area contributed by atoms with Crippen molar-refractivity contribution in [2.45, 2.75) is 58.0 Å². The van der Waals surface area contributed by atoms with Crippen LogP contribution in [0.4, 0.5) is 0 Å². The Bertz CT molecular complexity index is 454. The molecule has 2 rings (SSSR count). The molecule has 118 valence electrons. The Morgan fingerprint density at radius 3 is 2.43 bits per heavy atom. The minimum atomic E-state index is -0.307. The maximum absolute atomic E-state index is 9.95. The summed E-state index contributed by atoms with van der Waals surface area (Å²) in [6, 6.07) is 8.54. The Labute approximate surface area is 128 Å². The van der Waals surface area contributed by atoms with Crippen molar-refractivity contribution < 1.29 is 9.84 Å². The van der Waals surface area contributed by atoms with Crippen LogP contribution in [0.5, 0.6) is 5.75 Å². The molecule has 1 aliphatic carbocycles. The van der Waals surface area contributed by atoms with Gasteiger partial charge in [0.25, 0.3) is 0 Å². The number of hydrogen-bond donors (Lipinski definition) is 2. The molecule has 0 aliphatic heterocycles. The molecule has 3 heteroatoms. The van der Waals surface area contributed by atoms with Crippen molar-refractivity contribution in [3.8, 4) is 5.75 Å². The van der Waals surface area contributed by atoms with Crippen LogP contribution in [0.15, 0.2) is 24.3 Å². The lowest BCUT2D eigenvalue weighted by molar-refractivity contribution is 0.0773. The third-order valence-corrected chi connectivity index (χ3v) is 4.24. The molecule has 21 heavy (non-hydrogen) atoms. The van der Waals surface area contributed by atoms with Gasteiger partial charge in [-0.3, -0.25) is 0 Å². The molecule has 1 saturated carbocycles. The Balaban J connectivity index is 2.12. The smallest absolute Gasteiger partial charge is 0.122 e. The summed E-state index contributed by atoms with van der Waals surface area (Å²) in [5, 5.41) is 13.5. The van der Waals surface area contributed by atoms with Crippen LogP contribution < -0.4 is 10.1 Å². The number of benzene rings is 1. The van der Waals surface area contributed by atoms with E-state index in [4.69, 9.17) is 4.74 Å². The van der Waals surface area contributed by atoms with Gasteiger partial charge in [-0.2, -0.15) is 0 Å². The highest BCUT2D eigenvalue weighted by Gasteiger charge is 2.45. The Hall–Kier alpha value is -1.06. The molecule has 1 aromatic rings. The average molecular weight is 291 g/mol. The standard InChI is InChI=1S/C18H29NO2/c1-13(2)16-7-5-6-8-17(16)21-12-18(11-20,15-9-10-15)19-14(3)4/h5-8,13-15,19-20H,9-12H2,1-4H3. The molecule has 1 atom stereocenters. The number of para-hydroxylation sites is 1. The lowest BCUT2D eigenvalue weighted by Gasteiger charge is -2.35. The lowest BCUT2D eigenvalue weighted by atomic mass is 9.94. The fourth-order valence-corrected chi connectivity index (χ4v) is 3.00. The third kappa shape index (κ3) is 3.98. The zero-order valence-electron chi connectivity index (χ0n) is 13.7. The normalized spacial score (nSPS) is 18.0. The van der Waals surface area contributed by atoms with Crippen LogP contribution in [-0.2, 0) is 0 Å². The Morgan fingerprint density at radius 1 is 1.24 bits per heavy atom. The van der Waals surface area contributed by atoms with E-state index in [1.807, 2.05) is 12.1 Å². The quantitative estimate of drug-likeness (QED) is 0.772. The molecule has 1 aromatic carbocycles. The van der Waals surface area contributed by atoms with Crippen molar-refractivity contribution in [1.29, 1.82) is 0 Å². The van der Waals surface area contributed by atoms with Gasteiger partial charge in [-0.05, 0) is 36.3 Å². The maximum Gasteiger partial charge on any atom is 0.122 e. The molecule has 2 N–H and O–H groups in total. The van der Waals surface area contributed by atoms with E-state index in [1.165, 1.54) is 18.4 Å². The molecule has 1 aliphatic rings. The summed E-state index contributed by atoms with van der Waals surface area (Å²) in [7, 11) is 0. The second-order valence-electron chi connectivity index (χ2n) is 6.87. The van der Waals surface area contributed by atoms with Crippen LogP contribution in [-0.4, -0.2) is 29.9 Å². The number of nitrogens with one attached hydrogen (secondary N) is 1. The van der Waals surface area contributed by atoms with E-state index in [-0.39, 0.29) is 12.1 Å². The number of aliphatic hydroxyl groups excluding tert-OH is 1. The summed E-state index contributed by atoms with van der Waals surface area (Å²) in [6.45, 7) is 9.24. The van der Waals surface area contributed by atoms with Crippen molar-refractivity contribution in [3.63, 3.8) is 0 Å². The second kappa shape index (κ2) is 6.80. The van der Waals surface area contributed by atoms with Crippen molar-refractivity contribution in [2.24, 2.45) is 5.92 Å². The highest BCUT2D eigenvalue weighted by atomic mass is 16.5. The summed E-state index contributed by atoms with van der Waals surface area (Å²) in [6.07, 6.45) is 2.35. The minimum absolute atomic E-state index is 0.125. The molecule has 3 nitrogen and oxygen atoms in total. The van der Waals surface area contributed by atoms with Gasteiger partial charge in [-0.25, -0.2) is 0 Å². The van der Waals surface area contributed by atoms with Gasteiger partial charge in [0.1, 0.15) is 12.4 Å². The lowest BCUT2D eigenvalue weighted by Crippen LogP contribution is -2.57. The van der Waals surface area contributed by atoms with E-state index < -0.39 is 0 Å². The molecular formula is C18H29NO2. The van der Waals surface area contributed by atoms with Crippen molar-refractivity contribution in [1.82, 2.24) is 5.32 Å². The largest absolute Gasteiger partial charge is 0.491 e. The molecule has 1 fully saturated rings. The van der Waals surface area contributed by atoms with Gasteiger partial charge in [-0.15, -0.1) is 0 Å². The fourth-order valence-electron chi connectivity index (χ4n) is 3.00. The molecule has 0 aromatic heterocycles. The molecule has 1 unspecified atom stereocenters. The molecule has 0 amide bonds. The number of aliphatic hydroxyl groups is 1. The number of hydrogen-bond acceptors (Lipinski definition) is 3. The van der Waals surface area contributed by atoms with Gasteiger partial charge in [0.15, 0.2) is 0 Å². The van der Waals surface area contributed by atoms with E-state index in [0.29, 0.717) is 24.5 Å². The van der Waals surface area contributed by atoms with Gasteiger partial charge in [0, 0.05) is 6.04 Å². The number of rotatable bonds is 8. The van der Waals surface area contributed by atoms with Gasteiger partial charge in [-0.1, -0.05) is 45.9 Å². The van der Waals surface area contributed by atoms with Crippen LogP contribution in [0.2, 0.25) is 0 Å². The topological polar surface area (TPSA) is 41.5 Å². The highest BCUT2D eigenvalue weighted by Crippen LogP contribution is 2.40. The monoisotopic (exact) mass is 291 g/mol. The van der Waals surface area contributed by atoms with Crippen LogP contribution in [0.1, 0.15) is 52.0 Å². The number of ether oxygens (including phenoxy) is 1. The summed E-state index contributed by atoms with van der Waals surface area (Å²) in [4.78, 5) is 0. The molecule has 0 spiro atoms. The van der Waals surface area contributed by atoms with Gasteiger partial charge in [0.2, 0.25) is 0 Å². The van der Waals surface area contributed by atoms with Crippen LogP contribution in [0.3, 0.4) is 0 Å². The predicted octanol–water partition coefficient (Wildman–Crippen LogP) is 3.33. The van der Waals surface area contributed by atoms with Crippen LogP contribution in [0.25, 0.3) is 0 Å². The first-order valence-corrected chi connectivity index (χ1v) is 8.09. The van der Waals surface area contributed by atoms with E-state index in [9.17, 15) is 5.11 Å². The van der Waals surface area contributed by atoms with Gasteiger partial charge >= 0.3 is 0 Å². The van der Waals surface area contributed by atoms with Crippen LogP contribution in [0, 0.1) is 5.92 Å². The van der Waals surface area contributed by atoms with Crippen molar-refractivity contribution >= 4 is 0 Å². The first-order valence-electron chi connectivity index (χ1n) is 8.09. The molecule has 0 heterocycles. The van der Waals surface area contributed by atoms with Gasteiger partial charge < -0.3 is 15.2 Å². The first-order chi connectivity index (χ1) is 9.98. The van der Waals surface area contributed by atoms with E-state index in [2.05, 4.69) is 45.1 Å². The summed E-state index contributed by atoms with van der Waals surface area (Å²) >= 11 is 0. The van der Waals surface area contributed by atoms with Crippen molar-refractivity contribution in [2.75, 3.05) is 13.2 Å². The van der Waals surface area contributed by atoms with Crippen molar-refractivity contribution in [3.05, 3.63) is 29.8 Å². The van der Waals surface area contributed by atoms with Gasteiger partial charge in [0.05, 0.1) is 12.1 Å². The third-order valence-electron chi connectivity index (χ3n) is 4.24. The molecular weight excluding hydrogens is 262 g/mol. The summed E-state index contributed by atoms with van der Waals surface area (Å²) in [5.41, 5.74) is 0.919. The maximum atomic E-state index is 9.95. The average Bonchev–Trinajstić information content (AvgIpc) is 3.28. The minimum Gasteiger partial charge on any atom is -0.491 e. The zero-order chi connectivity index (χ0) is 15.5. The Kier molecular flexibility index (Phi) is 5.28. The molecule has 0 radical (unpaired) electrons. The molecule has 0 bridgehead atoms. The van der Waals surface area contributed by atoms with E-state index >= 15 is 0 Å². The van der Waals surface area contributed by atoms with E-state index in [0.717, 1.165) is 5.75 Å². The predicted molar refractivity (Wildman–Crippen MR) is 86.8 cm³/mol. The highest BCUT2D eigenvalue weighted by molar-refractivity contribution is 5.35. The zero-order valence-corrected chi connectivity index (χ0v) is 13.7. The van der Waals surface area contributed by atoms with E-state index in [1.54, 1.807) is 0 Å². The fraction of sp³-hybridized carbons (Fsp3) is 0.667.